The molecule has 0 radical (unpaired) electrons. The van der Waals surface area contributed by atoms with E-state index in [4.69, 9.17) is 4.74 Å². The molecule has 1 aliphatic heterocycles. The molecule has 5 heteroatoms. The van der Waals surface area contributed by atoms with Crippen molar-refractivity contribution in [2.24, 2.45) is 11.8 Å². The average Bonchev–Trinajstić information content (AvgIpc) is 2.49. The van der Waals surface area contributed by atoms with Gasteiger partial charge in [0, 0.05) is 12.1 Å². The zero-order valence-corrected chi connectivity index (χ0v) is 13.5. The Balaban J connectivity index is 0.00000220. The molecule has 0 aliphatic carbocycles. The van der Waals surface area contributed by atoms with Crippen LogP contribution < -0.4 is 15.4 Å². The number of halogens is 1. The quantitative estimate of drug-likeness (QED) is 0.878. The highest BCUT2D eigenvalue weighted by Gasteiger charge is 2.21. The molecule has 0 saturated carbocycles. The van der Waals surface area contributed by atoms with Gasteiger partial charge >= 0.3 is 0 Å². The van der Waals surface area contributed by atoms with Crippen LogP contribution >= 0.6 is 12.4 Å². The van der Waals surface area contributed by atoms with Gasteiger partial charge in [-0.25, -0.2) is 0 Å². The molecule has 0 aromatic heterocycles. The Morgan fingerprint density at radius 1 is 1.43 bits per heavy atom. The van der Waals surface area contributed by atoms with E-state index < -0.39 is 0 Å². The maximum atomic E-state index is 12.1. The second-order valence-electron chi connectivity index (χ2n) is 5.56. The van der Waals surface area contributed by atoms with E-state index in [-0.39, 0.29) is 18.3 Å². The zero-order valence-electron chi connectivity index (χ0n) is 12.7. The van der Waals surface area contributed by atoms with Gasteiger partial charge in [0.2, 0.25) is 5.91 Å². The lowest BCUT2D eigenvalue weighted by molar-refractivity contribution is -0.117. The smallest absolute Gasteiger partial charge is 0.224 e. The van der Waals surface area contributed by atoms with E-state index in [1.54, 1.807) is 7.11 Å². The monoisotopic (exact) mass is 312 g/mol. The number of ether oxygens (including phenoxy) is 1. The van der Waals surface area contributed by atoms with Crippen molar-refractivity contribution in [3.05, 3.63) is 24.3 Å². The highest BCUT2D eigenvalue weighted by Crippen LogP contribution is 2.23. The van der Waals surface area contributed by atoms with Crippen molar-refractivity contribution in [3.8, 4) is 5.75 Å². The lowest BCUT2D eigenvalue weighted by Crippen LogP contribution is -2.34. The van der Waals surface area contributed by atoms with Gasteiger partial charge in [-0.15, -0.1) is 12.4 Å². The maximum Gasteiger partial charge on any atom is 0.224 e. The lowest BCUT2D eigenvalue weighted by Gasteiger charge is -2.28. The van der Waals surface area contributed by atoms with Crippen LogP contribution in [0.1, 0.15) is 26.2 Å². The minimum absolute atomic E-state index is 0. The highest BCUT2D eigenvalue weighted by molar-refractivity contribution is 5.90. The van der Waals surface area contributed by atoms with Crippen molar-refractivity contribution in [2.75, 3.05) is 25.5 Å². The summed E-state index contributed by atoms with van der Waals surface area (Å²) in [6, 6.07) is 7.43. The summed E-state index contributed by atoms with van der Waals surface area (Å²) in [5.74, 6) is 1.92. The predicted octanol–water partition coefficient (Wildman–Crippen LogP) is 3.08. The van der Waals surface area contributed by atoms with E-state index in [1.807, 2.05) is 24.3 Å². The fourth-order valence-electron chi connectivity index (χ4n) is 2.71. The van der Waals surface area contributed by atoms with Crippen LogP contribution in [0.3, 0.4) is 0 Å². The molecule has 1 saturated heterocycles. The molecule has 1 fully saturated rings. The first-order valence-corrected chi connectivity index (χ1v) is 7.33. The first-order chi connectivity index (χ1) is 9.69. The standard InChI is InChI=1S/C16H24N2O2.ClH/c1-12(13-4-3-9-17-11-13)10-16(19)18-14-5-7-15(20-2)8-6-14;/h5-8,12-13,17H,3-4,9-11H2,1-2H3,(H,18,19);1H. The van der Waals surface area contributed by atoms with Crippen LogP contribution in [0.2, 0.25) is 0 Å². The van der Waals surface area contributed by atoms with Gasteiger partial charge < -0.3 is 15.4 Å². The Morgan fingerprint density at radius 2 is 2.14 bits per heavy atom. The number of hydrogen-bond acceptors (Lipinski definition) is 3. The molecule has 2 unspecified atom stereocenters. The lowest BCUT2D eigenvalue weighted by atomic mass is 9.85. The fraction of sp³-hybridized carbons (Fsp3) is 0.562. The Bertz CT molecular complexity index is 430. The number of rotatable bonds is 5. The summed E-state index contributed by atoms with van der Waals surface area (Å²) < 4.78 is 5.10. The molecule has 1 amide bonds. The molecule has 0 bridgehead atoms. The molecule has 4 nitrogen and oxygen atoms in total. The minimum Gasteiger partial charge on any atom is -0.497 e. The summed E-state index contributed by atoms with van der Waals surface area (Å²) in [7, 11) is 1.63. The molecular formula is C16H25ClN2O2. The summed E-state index contributed by atoms with van der Waals surface area (Å²) in [5.41, 5.74) is 0.824. The molecule has 118 valence electrons. The number of carbonyl (C=O) groups is 1. The molecule has 1 aromatic carbocycles. The van der Waals surface area contributed by atoms with Gasteiger partial charge in [-0.2, -0.15) is 0 Å². The van der Waals surface area contributed by atoms with Gasteiger partial charge in [-0.05, 0) is 62.0 Å². The molecule has 1 aromatic rings. The molecule has 1 heterocycles. The summed E-state index contributed by atoms with van der Waals surface area (Å²) in [6.07, 6.45) is 3.03. The summed E-state index contributed by atoms with van der Waals surface area (Å²) >= 11 is 0. The zero-order chi connectivity index (χ0) is 14.4. The Labute approximate surface area is 133 Å². The Hall–Kier alpha value is -1.26. The third-order valence-corrected chi connectivity index (χ3v) is 4.02. The molecule has 2 atom stereocenters. The second kappa shape index (κ2) is 8.90. The van der Waals surface area contributed by atoms with E-state index in [0.717, 1.165) is 24.5 Å². The number of methoxy groups -OCH3 is 1. The van der Waals surface area contributed by atoms with E-state index >= 15 is 0 Å². The SMILES string of the molecule is COc1ccc(NC(=O)CC(C)C2CCCNC2)cc1.Cl. The third-order valence-electron chi connectivity index (χ3n) is 4.02. The number of benzene rings is 1. The Morgan fingerprint density at radius 3 is 2.71 bits per heavy atom. The van der Waals surface area contributed by atoms with Crippen molar-refractivity contribution >= 4 is 24.0 Å². The molecule has 1 aliphatic rings. The molecule has 2 rings (SSSR count). The van der Waals surface area contributed by atoms with E-state index in [2.05, 4.69) is 17.6 Å². The predicted molar refractivity (Wildman–Crippen MR) is 88.2 cm³/mol. The molecular weight excluding hydrogens is 288 g/mol. The van der Waals surface area contributed by atoms with Gasteiger partial charge in [-0.1, -0.05) is 6.92 Å². The second-order valence-corrected chi connectivity index (χ2v) is 5.56. The largest absolute Gasteiger partial charge is 0.497 e. The van der Waals surface area contributed by atoms with Crippen LogP contribution in [0.25, 0.3) is 0 Å². The topological polar surface area (TPSA) is 50.4 Å². The first kappa shape index (κ1) is 17.8. The van der Waals surface area contributed by atoms with Crippen molar-refractivity contribution < 1.29 is 9.53 Å². The van der Waals surface area contributed by atoms with Crippen molar-refractivity contribution in [1.82, 2.24) is 5.32 Å². The maximum absolute atomic E-state index is 12.1. The Kier molecular flexibility index (Phi) is 7.54. The fourth-order valence-corrected chi connectivity index (χ4v) is 2.71. The van der Waals surface area contributed by atoms with Gasteiger partial charge in [0.1, 0.15) is 5.75 Å². The van der Waals surface area contributed by atoms with E-state index in [0.29, 0.717) is 18.3 Å². The van der Waals surface area contributed by atoms with Gasteiger partial charge in [0.15, 0.2) is 0 Å². The van der Waals surface area contributed by atoms with Crippen LogP contribution in [0.15, 0.2) is 24.3 Å². The summed E-state index contributed by atoms with van der Waals surface area (Å²) in [5, 5.41) is 6.35. The van der Waals surface area contributed by atoms with Crippen LogP contribution in [-0.2, 0) is 4.79 Å². The normalized spacial score (nSPS) is 19.2. The van der Waals surface area contributed by atoms with Crippen LogP contribution in [0.4, 0.5) is 5.69 Å². The van der Waals surface area contributed by atoms with Gasteiger partial charge in [0.25, 0.3) is 0 Å². The van der Waals surface area contributed by atoms with Crippen LogP contribution in [-0.4, -0.2) is 26.1 Å². The number of hydrogen-bond donors (Lipinski definition) is 2. The number of carbonyl (C=O) groups excluding carboxylic acids is 1. The van der Waals surface area contributed by atoms with Crippen molar-refractivity contribution in [3.63, 3.8) is 0 Å². The third kappa shape index (κ3) is 5.56. The summed E-state index contributed by atoms with van der Waals surface area (Å²) in [6.45, 7) is 4.32. The van der Waals surface area contributed by atoms with Gasteiger partial charge in [-0.3, -0.25) is 4.79 Å². The number of nitrogens with one attached hydrogen (secondary N) is 2. The number of piperidine rings is 1. The number of anilines is 1. The van der Waals surface area contributed by atoms with Crippen LogP contribution in [0.5, 0.6) is 5.75 Å². The molecule has 21 heavy (non-hydrogen) atoms. The molecule has 0 spiro atoms. The highest BCUT2D eigenvalue weighted by atomic mass is 35.5. The van der Waals surface area contributed by atoms with E-state index in [9.17, 15) is 4.79 Å². The average molecular weight is 313 g/mol. The number of amides is 1. The van der Waals surface area contributed by atoms with Gasteiger partial charge in [0.05, 0.1) is 7.11 Å². The van der Waals surface area contributed by atoms with Crippen molar-refractivity contribution in [2.45, 2.75) is 26.2 Å². The van der Waals surface area contributed by atoms with E-state index in [1.165, 1.54) is 12.8 Å². The van der Waals surface area contributed by atoms with Crippen LogP contribution in [0, 0.1) is 11.8 Å². The molecule has 2 N–H and O–H groups in total. The van der Waals surface area contributed by atoms with Crippen molar-refractivity contribution in [1.29, 1.82) is 0 Å². The minimum atomic E-state index is 0. The first-order valence-electron chi connectivity index (χ1n) is 7.33. The summed E-state index contributed by atoms with van der Waals surface area (Å²) in [4.78, 5) is 12.1.